The molecule has 31 heavy (non-hydrogen) atoms. The number of pyridine rings is 1. The van der Waals surface area contributed by atoms with Gasteiger partial charge in [-0.2, -0.15) is 0 Å². The van der Waals surface area contributed by atoms with Gasteiger partial charge in [-0.15, -0.1) is 0 Å². The molecule has 3 N–H and O–H groups in total. The predicted octanol–water partition coefficient (Wildman–Crippen LogP) is 2.30. The Labute approximate surface area is 185 Å². The molecule has 0 bridgehead atoms. The highest BCUT2D eigenvalue weighted by molar-refractivity contribution is 6.31. The van der Waals surface area contributed by atoms with E-state index in [1.54, 1.807) is 36.2 Å². The number of aromatic nitrogens is 1. The van der Waals surface area contributed by atoms with Gasteiger partial charge in [0, 0.05) is 37.2 Å². The van der Waals surface area contributed by atoms with Crippen LogP contribution in [0.25, 0.3) is 0 Å². The lowest BCUT2D eigenvalue weighted by Gasteiger charge is -2.39. The van der Waals surface area contributed by atoms with Crippen molar-refractivity contribution in [2.75, 3.05) is 11.9 Å². The molecule has 1 fully saturated rings. The third kappa shape index (κ3) is 4.34. The number of carbonyl (C=O) groups excluding carboxylic acids is 3. The quantitative estimate of drug-likeness (QED) is 0.675. The van der Waals surface area contributed by atoms with Crippen LogP contribution in [-0.2, 0) is 16.1 Å². The summed E-state index contributed by atoms with van der Waals surface area (Å²) in [4.78, 5) is 43.9. The van der Waals surface area contributed by atoms with Gasteiger partial charge in [0.05, 0.1) is 5.56 Å². The van der Waals surface area contributed by atoms with Crippen LogP contribution in [0.4, 0.5) is 5.82 Å². The van der Waals surface area contributed by atoms with Gasteiger partial charge in [-0.25, -0.2) is 4.98 Å². The van der Waals surface area contributed by atoms with Crippen LogP contribution in [0.1, 0.15) is 42.1 Å². The van der Waals surface area contributed by atoms with Crippen LogP contribution in [0.2, 0.25) is 5.02 Å². The first-order valence-corrected chi connectivity index (χ1v) is 10.6. The van der Waals surface area contributed by atoms with Crippen LogP contribution in [0.5, 0.6) is 0 Å². The minimum Gasteiger partial charge on any atom is -0.350 e. The molecule has 1 aromatic heterocycles. The maximum Gasteiger partial charge on any atom is 0.256 e. The summed E-state index contributed by atoms with van der Waals surface area (Å²) in [7, 11) is 0. The fourth-order valence-corrected chi connectivity index (χ4v) is 4.23. The highest BCUT2D eigenvalue weighted by Crippen LogP contribution is 2.30. The maximum absolute atomic E-state index is 12.8. The van der Waals surface area contributed by atoms with Crippen molar-refractivity contribution in [1.29, 1.82) is 0 Å². The Morgan fingerprint density at radius 3 is 2.84 bits per heavy atom. The Balaban J connectivity index is 1.43. The number of halogens is 1. The summed E-state index contributed by atoms with van der Waals surface area (Å²) in [5, 5.41) is 9.75. The van der Waals surface area contributed by atoms with Crippen LogP contribution in [0, 0.1) is 0 Å². The molecule has 1 saturated heterocycles. The predicted molar refractivity (Wildman–Crippen MR) is 116 cm³/mol. The number of nitrogens with zero attached hydrogens (tertiary/aromatic N) is 2. The lowest BCUT2D eigenvalue weighted by atomic mass is 9.97. The number of benzene rings is 1. The molecule has 1 spiro atoms. The number of rotatable bonds is 4. The first-order chi connectivity index (χ1) is 14.9. The molecule has 8 nitrogen and oxygen atoms in total. The van der Waals surface area contributed by atoms with E-state index in [0.29, 0.717) is 35.8 Å². The summed E-state index contributed by atoms with van der Waals surface area (Å²) in [5.74, 6) is -0.0806. The molecular weight excluding hydrogens is 418 g/mol. The fourth-order valence-electron chi connectivity index (χ4n) is 4.03. The van der Waals surface area contributed by atoms with E-state index >= 15 is 0 Å². The summed E-state index contributed by atoms with van der Waals surface area (Å²) < 4.78 is 0. The minimum absolute atomic E-state index is 0.125. The second-order valence-corrected chi connectivity index (χ2v) is 8.29. The fraction of sp³-hybridized carbons (Fsp3) is 0.364. The molecule has 2 aromatic rings. The van der Waals surface area contributed by atoms with Crippen LogP contribution in [0.15, 0.2) is 42.6 Å². The van der Waals surface area contributed by atoms with Gasteiger partial charge in [0.15, 0.2) is 0 Å². The Hall–Kier alpha value is -3.13. The van der Waals surface area contributed by atoms with Crippen molar-refractivity contribution in [3.8, 4) is 0 Å². The van der Waals surface area contributed by atoms with E-state index < -0.39 is 11.7 Å². The van der Waals surface area contributed by atoms with Crippen LogP contribution < -0.4 is 16.0 Å². The minimum atomic E-state index is -0.767. The highest BCUT2D eigenvalue weighted by Gasteiger charge is 2.42. The highest BCUT2D eigenvalue weighted by atomic mass is 35.5. The summed E-state index contributed by atoms with van der Waals surface area (Å²) in [5.41, 5.74) is 0.524. The second kappa shape index (κ2) is 8.55. The van der Waals surface area contributed by atoms with Crippen molar-refractivity contribution in [2.45, 2.75) is 44.4 Å². The summed E-state index contributed by atoms with van der Waals surface area (Å²) in [6.07, 6.45) is 2.70. The second-order valence-electron chi connectivity index (χ2n) is 7.88. The monoisotopic (exact) mass is 441 g/mol. The number of carbonyl (C=O) groups is 3. The standard InChI is InChI=1S/C22H24ClN5O3/c1-14(20(30)25-13-15-5-2-3-7-17(15)23)28-12-10-22(9-8-18(28)29)26-19-16(21(31)27-22)6-4-11-24-19/h2-7,11,14H,8-10,12-13H2,1H3,(H,24,26)(H,25,30)(H,27,31). The van der Waals surface area contributed by atoms with Gasteiger partial charge < -0.3 is 20.9 Å². The summed E-state index contributed by atoms with van der Waals surface area (Å²) >= 11 is 6.15. The van der Waals surface area contributed by atoms with Gasteiger partial charge in [0.2, 0.25) is 11.8 Å². The zero-order valence-corrected chi connectivity index (χ0v) is 17.9. The summed E-state index contributed by atoms with van der Waals surface area (Å²) in [6.45, 7) is 2.32. The molecule has 162 valence electrons. The molecule has 2 aliphatic rings. The molecule has 0 aliphatic carbocycles. The third-order valence-electron chi connectivity index (χ3n) is 5.89. The van der Waals surface area contributed by atoms with Gasteiger partial charge in [0.1, 0.15) is 17.5 Å². The Morgan fingerprint density at radius 2 is 2.03 bits per heavy atom. The molecule has 2 aliphatic heterocycles. The summed E-state index contributed by atoms with van der Waals surface area (Å²) in [6, 6.07) is 10.1. The van der Waals surface area contributed by atoms with Crippen LogP contribution in [0.3, 0.4) is 0 Å². The average molecular weight is 442 g/mol. The number of nitrogens with one attached hydrogen (secondary N) is 3. The van der Waals surface area contributed by atoms with E-state index in [-0.39, 0.29) is 30.7 Å². The molecule has 2 atom stereocenters. The van der Waals surface area contributed by atoms with Gasteiger partial charge in [-0.1, -0.05) is 29.8 Å². The number of fused-ring (bicyclic) bond motifs is 1. The zero-order chi connectivity index (χ0) is 22.0. The van der Waals surface area contributed by atoms with Gasteiger partial charge in [-0.05, 0) is 37.1 Å². The molecule has 0 radical (unpaired) electrons. The SMILES string of the molecule is CC(C(=O)NCc1ccccc1Cl)N1CCC2(CCC1=O)NC(=O)c1cccnc1N2. The van der Waals surface area contributed by atoms with Crippen molar-refractivity contribution >= 4 is 35.1 Å². The molecule has 9 heteroatoms. The molecule has 3 heterocycles. The normalized spacial score (nSPS) is 21.5. The number of hydrogen-bond donors (Lipinski definition) is 3. The largest absolute Gasteiger partial charge is 0.350 e. The van der Waals surface area contributed by atoms with E-state index in [1.165, 1.54) is 0 Å². The van der Waals surface area contributed by atoms with E-state index in [9.17, 15) is 14.4 Å². The van der Waals surface area contributed by atoms with E-state index in [0.717, 1.165) is 5.56 Å². The average Bonchev–Trinajstić information content (AvgIpc) is 2.91. The van der Waals surface area contributed by atoms with Gasteiger partial charge >= 0.3 is 0 Å². The van der Waals surface area contributed by atoms with Crippen molar-refractivity contribution in [1.82, 2.24) is 20.5 Å². The van der Waals surface area contributed by atoms with Crippen molar-refractivity contribution in [3.05, 3.63) is 58.7 Å². The van der Waals surface area contributed by atoms with E-state index in [4.69, 9.17) is 11.6 Å². The van der Waals surface area contributed by atoms with Crippen LogP contribution >= 0.6 is 11.6 Å². The van der Waals surface area contributed by atoms with E-state index in [1.807, 2.05) is 18.2 Å². The van der Waals surface area contributed by atoms with Crippen molar-refractivity contribution in [2.24, 2.45) is 0 Å². The number of amides is 3. The third-order valence-corrected chi connectivity index (χ3v) is 6.25. The van der Waals surface area contributed by atoms with E-state index in [2.05, 4.69) is 20.9 Å². The molecular formula is C22H24ClN5O3. The van der Waals surface area contributed by atoms with Gasteiger partial charge in [0.25, 0.3) is 5.91 Å². The molecule has 0 saturated carbocycles. The number of hydrogen-bond acceptors (Lipinski definition) is 5. The lowest BCUT2D eigenvalue weighted by Crippen LogP contribution is -2.58. The molecule has 1 aromatic carbocycles. The molecule has 4 rings (SSSR count). The first kappa shape index (κ1) is 21.1. The van der Waals surface area contributed by atoms with Crippen molar-refractivity contribution < 1.29 is 14.4 Å². The maximum atomic E-state index is 12.8. The topological polar surface area (TPSA) is 103 Å². The Bertz CT molecular complexity index is 1030. The molecule has 3 amide bonds. The van der Waals surface area contributed by atoms with Gasteiger partial charge in [-0.3, -0.25) is 14.4 Å². The zero-order valence-electron chi connectivity index (χ0n) is 17.2. The number of likely N-dealkylation sites (tertiary alicyclic amines) is 1. The lowest BCUT2D eigenvalue weighted by molar-refractivity contribution is -0.139. The smallest absolute Gasteiger partial charge is 0.256 e. The molecule has 2 unspecified atom stereocenters. The first-order valence-electron chi connectivity index (χ1n) is 10.2. The number of anilines is 1. The Kier molecular flexibility index (Phi) is 5.82. The van der Waals surface area contributed by atoms with Crippen LogP contribution in [-0.4, -0.2) is 45.9 Å². The Morgan fingerprint density at radius 1 is 1.23 bits per heavy atom. The van der Waals surface area contributed by atoms with Crippen molar-refractivity contribution in [3.63, 3.8) is 0 Å².